The summed E-state index contributed by atoms with van der Waals surface area (Å²) in [6.45, 7) is 4.93. The first-order valence-corrected chi connectivity index (χ1v) is 5.69. The van der Waals surface area contributed by atoms with Crippen LogP contribution in [0.25, 0.3) is 0 Å². The van der Waals surface area contributed by atoms with Gasteiger partial charge in [-0.15, -0.1) is 0 Å². The van der Waals surface area contributed by atoms with Gasteiger partial charge in [-0.25, -0.2) is 0 Å². The molecular formula is C13H19NO2. The molecule has 0 amide bonds. The van der Waals surface area contributed by atoms with Crippen LogP contribution in [0.15, 0.2) is 30.3 Å². The Bertz CT molecular complexity index is 324. The Morgan fingerprint density at radius 2 is 1.94 bits per heavy atom. The van der Waals surface area contributed by atoms with Crippen molar-refractivity contribution in [3.63, 3.8) is 0 Å². The zero-order valence-electron chi connectivity index (χ0n) is 9.89. The summed E-state index contributed by atoms with van der Waals surface area (Å²) in [4.78, 5) is 12.8. The van der Waals surface area contributed by atoms with Crippen LogP contribution in [0.5, 0.6) is 0 Å². The lowest BCUT2D eigenvalue weighted by atomic mass is 10.0. The summed E-state index contributed by atoms with van der Waals surface area (Å²) in [7, 11) is 0. The number of carbonyl (C=O) groups is 1. The van der Waals surface area contributed by atoms with Gasteiger partial charge in [0.25, 0.3) is 0 Å². The zero-order chi connectivity index (χ0) is 12.0. The number of benzene rings is 1. The molecule has 1 N–H and O–H groups in total. The van der Waals surface area contributed by atoms with E-state index in [9.17, 15) is 4.79 Å². The summed E-state index contributed by atoms with van der Waals surface area (Å²) in [5.74, 6) is -0.767. The van der Waals surface area contributed by atoms with Crippen LogP contribution in [0.1, 0.15) is 31.9 Å². The maximum absolute atomic E-state index is 10.8. The fourth-order valence-corrected chi connectivity index (χ4v) is 2.00. The Balaban J connectivity index is 2.83. The molecule has 0 saturated heterocycles. The van der Waals surface area contributed by atoms with Crippen LogP contribution in [-0.4, -0.2) is 29.1 Å². The van der Waals surface area contributed by atoms with Crippen LogP contribution < -0.4 is 0 Å². The molecular weight excluding hydrogens is 202 g/mol. The van der Waals surface area contributed by atoms with Crippen LogP contribution in [0.2, 0.25) is 0 Å². The van der Waals surface area contributed by atoms with Gasteiger partial charge < -0.3 is 5.11 Å². The number of carboxylic acids is 1. The first-order valence-electron chi connectivity index (χ1n) is 5.69. The topological polar surface area (TPSA) is 40.5 Å². The number of hydrogen-bond acceptors (Lipinski definition) is 2. The minimum atomic E-state index is -0.767. The van der Waals surface area contributed by atoms with Crippen LogP contribution in [0.4, 0.5) is 0 Å². The largest absolute Gasteiger partial charge is 0.480 e. The molecule has 1 aromatic rings. The quantitative estimate of drug-likeness (QED) is 0.802. The molecule has 88 valence electrons. The van der Waals surface area contributed by atoms with E-state index in [2.05, 4.69) is 19.1 Å². The third-order valence-corrected chi connectivity index (χ3v) is 2.76. The van der Waals surface area contributed by atoms with Gasteiger partial charge in [-0.2, -0.15) is 0 Å². The summed E-state index contributed by atoms with van der Waals surface area (Å²) in [5.41, 5.74) is 1.19. The van der Waals surface area contributed by atoms with Gasteiger partial charge in [-0.3, -0.25) is 9.69 Å². The molecule has 1 unspecified atom stereocenters. The van der Waals surface area contributed by atoms with Crippen molar-refractivity contribution in [2.45, 2.75) is 26.3 Å². The summed E-state index contributed by atoms with van der Waals surface area (Å²) in [6.07, 6.45) is 0.922. The molecule has 1 aromatic carbocycles. The molecule has 0 saturated carbocycles. The summed E-state index contributed by atoms with van der Waals surface area (Å²) >= 11 is 0. The Labute approximate surface area is 96.7 Å². The van der Waals surface area contributed by atoms with Crippen LogP contribution in [0, 0.1) is 0 Å². The minimum Gasteiger partial charge on any atom is -0.480 e. The first kappa shape index (κ1) is 12.7. The lowest BCUT2D eigenvalue weighted by molar-refractivity contribution is -0.138. The van der Waals surface area contributed by atoms with Crippen LogP contribution >= 0.6 is 0 Å². The lowest BCUT2D eigenvalue weighted by Crippen LogP contribution is -2.33. The van der Waals surface area contributed by atoms with E-state index in [4.69, 9.17) is 5.11 Å². The predicted molar refractivity (Wildman–Crippen MR) is 64.4 cm³/mol. The summed E-state index contributed by atoms with van der Waals surface area (Å²) < 4.78 is 0. The maximum atomic E-state index is 10.8. The fourth-order valence-electron chi connectivity index (χ4n) is 2.00. The van der Waals surface area contributed by atoms with E-state index in [0.29, 0.717) is 0 Å². The van der Waals surface area contributed by atoms with Crippen molar-refractivity contribution in [3.05, 3.63) is 35.9 Å². The van der Waals surface area contributed by atoms with E-state index in [1.807, 2.05) is 30.0 Å². The van der Waals surface area contributed by atoms with E-state index < -0.39 is 5.97 Å². The van der Waals surface area contributed by atoms with Crippen molar-refractivity contribution in [1.82, 2.24) is 4.90 Å². The first-order chi connectivity index (χ1) is 7.69. The lowest BCUT2D eigenvalue weighted by Gasteiger charge is -2.28. The van der Waals surface area contributed by atoms with Crippen molar-refractivity contribution in [1.29, 1.82) is 0 Å². The third-order valence-electron chi connectivity index (χ3n) is 2.76. The monoisotopic (exact) mass is 221 g/mol. The van der Waals surface area contributed by atoms with Crippen LogP contribution in [-0.2, 0) is 4.79 Å². The Kier molecular flexibility index (Phi) is 4.99. The molecule has 0 aliphatic rings. The second kappa shape index (κ2) is 6.28. The van der Waals surface area contributed by atoms with Gasteiger partial charge in [-0.1, -0.05) is 44.2 Å². The van der Waals surface area contributed by atoms with Gasteiger partial charge >= 0.3 is 5.97 Å². The average molecular weight is 221 g/mol. The SMILES string of the molecule is CCC(c1ccccc1)N(CC)CC(=O)O. The molecule has 0 aliphatic heterocycles. The van der Waals surface area contributed by atoms with Gasteiger partial charge in [-0.05, 0) is 18.5 Å². The van der Waals surface area contributed by atoms with Crippen molar-refractivity contribution >= 4 is 5.97 Å². The van der Waals surface area contributed by atoms with Crippen molar-refractivity contribution in [2.24, 2.45) is 0 Å². The van der Waals surface area contributed by atoms with Crippen LogP contribution in [0.3, 0.4) is 0 Å². The molecule has 1 atom stereocenters. The Morgan fingerprint density at radius 3 is 2.38 bits per heavy atom. The zero-order valence-corrected chi connectivity index (χ0v) is 9.89. The molecule has 3 nitrogen and oxygen atoms in total. The highest BCUT2D eigenvalue weighted by molar-refractivity contribution is 5.69. The predicted octanol–water partition coefficient (Wildman–Crippen LogP) is 2.54. The molecule has 0 bridgehead atoms. The highest BCUT2D eigenvalue weighted by atomic mass is 16.4. The molecule has 16 heavy (non-hydrogen) atoms. The van der Waals surface area contributed by atoms with E-state index in [1.54, 1.807) is 0 Å². The Morgan fingerprint density at radius 1 is 1.31 bits per heavy atom. The standard InChI is InChI=1S/C13H19NO2/c1-3-12(11-8-6-5-7-9-11)14(4-2)10-13(15)16/h5-9,12H,3-4,10H2,1-2H3,(H,15,16). The van der Waals surface area contributed by atoms with Crippen molar-refractivity contribution in [3.8, 4) is 0 Å². The van der Waals surface area contributed by atoms with E-state index in [-0.39, 0.29) is 12.6 Å². The highest BCUT2D eigenvalue weighted by Crippen LogP contribution is 2.23. The minimum absolute atomic E-state index is 0.101. The highest BCUT2D eigenvalue weighted by Gasteiger charge is 2.18. The molecule has 1 rings (SSSR count). The van der Waals surface area contributed by atoms with Crippen molar-refractivity contribution in [2.75, 3.05) is 13.1 Å². The number of aliphatic carboxylic acids is 1. The molecule has 0 aliphatic carbocycles. The number of likely N-dealkylation sites (N-methyl/N-ethyl adjacent to an activating group) is 1. The van der Waals surface area contributed by atoms with E-state index in [0.717, 1.165) is 13.0 Å². The third kappa shape index (κ3) is 3.35. The van der Waals surface area contributed by atoms with Crippen molar-refractivity contribution < 1.29 is 9.90 Å². The smallest absolute Gasteiger partial charge is 0.317 e. The number of nitrogens with zero attached hydrogens (tertiary/aromatic N) is 1. The normalized spacial score (nSPS) is 12.7. The van der Waals surface area contributed by atoms with E-state index >= 15 is 0 Å². The molecule has 0 radical (unpaired) electrons. The second-order valence-electron chi connectivity index (χ2n) is 3.79. The van der Waals surface area contributed by atoms with Gasteiger partial charge in [0.05, 0.1) is 6.54 Å². The number of rotatable bonds is 6. The molecule has 0 heterocycles. The summed E-state index contributed by atoms with van der Waals surface area (Å²) in [6, 6.07) is 10.3. The molecule has 0 spiro atoms. The number of hydrogen-bond donors (Lipinski definition) is 1. The van der Waals surface area contributed by atoms with Gasteiger partial charge in [0, 0.05) is 6.04 Å². The van der Waals surface area contributed by atoms with Gasteiger partial charge in [0.15, 0.2) is 0 Å². The van der Waals surface area contributed by atoms with Gasteiger partial charge in [0.2, 0.25) is 0 Å². The Hall–Kier alpha value is -1.35. The second-order valence-corrected chi connectivity index (χ2v) is 3.79. The summed E-state index contributed by atoms with van der Waals surface area (Å²) in [5, 5.41) is 8.86. The fraction of sp³-hybridized carbons (Fsp3) is 0.462. The maximum Gasteiger partial charge on any atom is 0.317 e. The average Bonchev–Trinajstić information content (AvgIpc) is 2.29. The molecule has 0 aromatic heterocycles. The van der Waals surface area contributed by atoms with Gasteiger partial charge in [0.1, 0.15) is 0 Å². The van der Waals surface area contributed by atoms with E-state index in [1.165, 1.54) is 5.56 Å². The molecule has 3 heteroatoms. The number of carboxylic acid groups (broad SMARTS) is 1. The molecule has 0 fully saturated rings.